The molecule has 17 heteroatoms. The summed E-state index contributed by atoms with van der Waals surface area (Å²) < 4.78 is 106. The van der Waals surface area contributed by atoms with Gasteiger partial charge in [-0.2, -0.15) is 18.2 Å². The van der Waals surface area contributed by atoms with Crippen molar-refractivity contribution in [2.75, 3.05) is 13.2 Å². The molecule has 0 amide bonds. The van der Waals surface area contributed by atoms with Crippen LogP contribution in [-0.4, -0.2) is 34.1 Å². The molecule has 286 valence electrons. The number of ether oxygens (including phenoxy) is 2. The van der Waals surface area contributed by atoms with E-state index in [-0.39, 0.29) is 43.1 Å². The first-order valence-electron chi connectivity index (χ1n) is 16.1. The van der Waals surface area contributed by atoms with Gasteiger partial charge in [-0.05, 0) is 29.3 Å². The van der Waals surface area contributed by atoms with E-state index in [2.05, 4.69) is 15.4 Å². The average Bonchev–Trinajstić information content (AvgIpc) is 3.84. The summed E-state index contributed by atoms with van der Waals surface area (Å²) in [7, 11) is 0. The van der Waals surface area contributed by atoms with Crippen molar-refractivity contribution in [1.82, 2.24) is 20.0 Å². The molecule has 1 aliphatic rings. The third-order valence-electron chi connectivity index (χ3n) is 8.05. The largest absolute Gasteiger partial charge is 0.416 e. The van der Waals surface area contributed by atoms with Crippen molar-refractivity contribution in [2.24, 2.45) is 4.99 Å². The molecular weight excluding hydrogens is 786 g/mol. The van der Waals surface area contributed by atoms with Crippen molar-refractivity contribution < 1.29 is 40.2 Å². The van der Waals surface area contributed by atoms with Gasteiger partial charge in [0.15, 0.2) is 0 Å². The minimum atomic E-state index is -4.53. The third-order valence-corrected chi connectivity index (χ3v) is 8.66. The highest BCUT2D eigenvalue weighted by atomic mass is 35.6. The Hall–Kier alpha value is -4.18. The van der Waals surface area contributed by atoms with Crippen molar-refractivity contribution in [3.63, 3.8) is 0 Å². The van der Waals surface area contributed by atoms with Crippen LogP contribution in [0.25, 0.3) is 0 Å². The second-order valence-electron chi connectivity index (χ2n) is 11.8. The number of hydrogen-bond donors (Lipinski definition) is 1. The lowest BCUT2D eigenvalue weighted by atomic mass is 10.1. The van der Waals surface area contributed by atoms with Gasteiger partial charge in [0.05, 0.1) is 44.5 Å². The fraction of sp³-hybridized carbons (Fsp3) is 0.243. The van der Waals surface area contributed by atoms with Crippen LogP contribution in [-0.2, 0) is 39.2 Å². The zero-order chi connectivity index (χ0) is 38.9. The number of rotatable bonds is 12. The molecule has 1 aromatic heterocycles. The Morgan fingerprint density at radius 3 is 1.74 bits per heavy atom. The Morgan fingerprint density at radius 2 is 1.26 bits per heavy atom. The number of aromatic nitrogens is 2. The van der Waals surface area contributed by atoms with Crippen molar-refractivity contribution in [3.05, 3.63) is 160 Å². The minimum Gasteiger partial charge on any atom is -0.367 e. The summed E-state index contributed by atoms with van der Waals surface area (Å²) in [6.07, 6.45) is 0.221. The lowest BCUT2D eigenvalue weighted by molar-refractivity contribution is -0.139. The molecule has 5 aromatic rings. The van der Waals surface area contributed by atoms with Crippen LogP contribution in [0.1, 0.15) is 45.6 Å². The molecule has 0 radical (unpaired) electrons. The van der Waals surface area contributed by atoms with E-state index in [1.54, 1.807) is 52.6 Å². The van der Waals surface area contributed by atoms with Gasteiger partial charge in [-0.1, -0.05) is 89.4 Å². The van der Waals surface area contributed by atoms with E-state index in [9.17, 15) is 30.7 Å². The molecule has 0 bridgehead atoms. The summed E-state index contributed by atoms with van der Waals surface area (Å²) in [5, 5.41) is 1.60. The molecule has 2 unspecified atom stereocenters. The Balaban J connectivity index is 0.000000208. The predicted molar refractivity (Wildman–Crippen MR) is 190 cm³/mol. The highest BCUT2D eigenvalue weighted by molar-refractivity contribution is 6.66. The molecule has 0 spiro atoms. The standard InChI is InChI=1S/C19H15Cl3F2N2O.C18H16F5N3O/c20-19(21,22)16-4-2-1-3-13(16)11-27-18(10-26-8-7-25-12-26)15-6-5-14(23)9-17(15)24;19-13-5-6-14(16(20)7-13)17(8-26-11-24-10-25-26)27-9-12-3-1-2-4-15(12)18(21,22)23/h1-9,12,18H,10-11H2;1-7,10,17H,8-9,11H2,(H,24,25). The van der Waals surface area contributed by atoms with Crippen molar-refractivity contribution in [1.29, 1.82) is 0 Å². The summed E-state index contributed by atoms with van der Waals surface area (Å²) in [5.74, 6) is -2.92. The Labute approximate surface area is 320 Å². The van der Waals surface area contributed by atoms with E-state index < -0.39 is 51.0 Å². The molecule has 2 heterocycles. The van der Waals surface area contributed by atoms with Gasteiger partial charge in [-0.15, -0.1) is 0 Å². The zero-order valence-corrected chi connectivity index (χ0v) is 30.2. The van der Waals surface area contributed by atoms with E-state index >= 15 is 0 Å². The van der Waals surface area contributed by atoms with Gasteiger partial charge >= 0.3 is 6.18 Å². The molecule has 7 nitrogen and oxygen atoms in total. The molecular formula is C37H31Cl3F7N5O2. The molecule has 0 saturated carbocycles. The third kappa shape index (κ3) is 11.4. The van der Waals surface area contributed by atoms with E-state index in [1.165, 1.54) is 42.7 Å². The van der Waals surface area contributed by atoms with Gasteiger partial charge in [0.25, 0.3) is 0 Å². The Bertz CT molecular complexity index is 2010. The zero-order valence-electron chi connectivity index (χ0n) is 28.0. The normalized spacial score (nSPS) is 14.3. The highest BCUT2D eigenvalue weighted by Gasteiger charge is 2.33. The van der Waals surface area contributed by atoms with E-state index in [1.807, 2.05) is 0 Å². The first kappa shape index (κ1) is 41.0. The summed E-state index contributed by atoms with van der Waals surface area (Å²) in [4.78, 5) is 7.92. The van der Waals surface area contributed by atoms with Crippen molar-refractivity contribution >= 4 is 41.1 Å². The minimum absolute atomic E-state index is 0.0505. The number of alkyl halides is 6. The van der Waals surface area contributed by atoms with E-state index in [4.69, 9.17) is 44.3 Å². The van der Waals surface area contributed by atoms with Crippen LogP contribution in [0.5, 0.6) is 0 Å². The van der Waals surface area contributed by atoms with Gasteiger partial charge in [0, 0.05) is 41.2 Å². The highest BCUT2D eigenvalue weighted by Crippen LogP contribution is 2.40. The second-order valence-corrected chi connectivity index (χ2v) is 14.1. The van der Waals surface area contributed by atoms with Crippen LogP contribution in [0.4, 0.5) is 30.7 Å². The van der Waals surface area contributed by atoms with Gasteiger partial charge in [-0.3, -0.25) is 4.99 Å². The van der Waals surface area contributed by atoms with Crippen molar-refractivity contribution in [3.8, 4) is 0 Å². The topological polar surface area (TPSA) is 63.9 Å². The number of benzene rings is 4. The fourth-order valence-electron chi connectivity index (χ4n) is 5.43. The van der Waals surface area contributed by atoms with Gasteiger partial charge < -0.3 is 19.5 Å². The summed E-state index contributed by atoms with van der Waals surface area (Å²) >= 11 is 18.0. The van der Waals surface area contributed by atoms with Crippen LogP contribution in [0.2, 0.25) is 0 Å². The number of halogens is 10. The number of nitrogens with zero attached hydrogens (tertiary/aromatic N) is 4. The van der Waals surface area contributed by atoms with Crippen LogP contribution >= 0.6 is 34.8 Å². The van der Waals surface area contributed by atoms with Gasteiger partial charge in [0.2, 0.25) is 3.79 Å². The predicted octanol–water partition coefficient (Wildman–Crippen LogP) is 9.99. The molecule has 0 fully saturated rings. The quantitative estimate of drug-likeness (QED) is 0.100. The smallest absolute Gasteiger partial charge is 0.367 e. The molecule has 2 atom stereocenters. The SMILES string of the molecule is Fc1ccc(C(CN2CN=CN2)OCc2ccccc2C(F)(F)F)c(F)c1.Fc1ccc(C(Cn2ccnc2)OCc2ccccc2C(Cl)(Cl)Cl)c(F)c1. The summed E-state index contributed by atoms with van der Waals surface area (Å²) in [6.45, 7) is 0.378. The van der Waals surface area contributed by atoms with Crippen molar-refractivity contribution in [2.45, 2.75) is 41.9 Å². The Kier molecular flexibility index (Phi) is 14.0. The maximum absolute atomic E-state index is 14.3. The lowest BCUT2D eigenvalue weighted by Crippen LogP contribution is -2.36. The molecule has 0 aliphatic carbocycles. The van der Waals surface area contributed by atoms with Gasteiger partial charge in [-0.25, -0.2) is 22.5 Å². The van der Waals surface area contributed by atoms with Crippen LogP contribution in [0.3, 0.4) is 0 Å². The Morgan fingerprint density at radius 1 is 0.722 bits per heavy atom. The summed E-state index contributed by atoms with van der Waals surface area (Å²) in [6, 6.07) is 18.4. The molecule has 1 aliphatic heterocycles. The molecule has 54 heavy (non-hydrogen) atoms. The van der Waals surface area contributed by atoms with Crippen LogP contribution in [0.15, 0.2) is 109 Å². The van der Waals surface area contributed by atoms with Gasteiger partial charge in [0.1, 0.15) is 42.1 Å². The number of imidazole rings is 1. The fourth-order valence-corrected chi connectivity index (χ4v) is 5.99. The molecule has 6 rings (SSSR count). The molecule has 4 aromatic carbocycles. The molecule has 1 N–H and O–H groups in total. The first-order chi connectivity index (χ1) is 25.7. The summed E-state index contributed by atoms with van der Waals surface area (Å²) in [5.41, 5.74) is 3.35. The van der Waals surface area contributed by atoms with E-state index in [0.29, 0.717) is 23.7 Å². The number of aliphatic imine (C=N–C) groups is 1. The first-order valence-corrected chi connectivity index (χ1v) is 17.2. The lowest BCUT2D eigenvalue weighted by Gasteiger charge is -2.24. The number of hydrogen-bond acceptors (Lipinski definition) is 6. The van der Waals surface area contributed by atoms with E-state index in [0.717, 1.165) is 18.2 Å². The number of hydrazine groups is 1. The number of nitrogens with one attached hydrogen (secondary N) is 1. The average molecular weight is 817 g/mol. The molecule has 0 saturated heterocycles. The maximum atomic E-state index is 14.3. The van der Waals surface area contributed by atoms with Crippen LogP contribution in [0, 0.1) is 23.3 Å². The monoisotopic (exact) mass is 815 g/mol. The second kappa shape index (κ2) is 18.4. The van der Waals surface area contributed by atoms with Crippen LogP contribution < -0.4 is 5.43 Å². The maximum Gasteiger partial charge on any atom is 0.416 e.